The Morgan fingerprint density at radius 2 is 2.53 bits per heavy atom. The zero-order valence-electron chi connectivity index (χ0n) is 9.29. The Kier molecular flexibility index (Phi) is 5.79. The summed E-state index contributed by atoms with van der Waals surface area (Å²) in [4.78, 5) is 11.7. The summed E-state index contributed by atoms with van der Waals surface area (Å²) in [6.07, 6.45) is 2.85. The van der Waals surface area contributed by atoms with Crippen molar-refractivity contribution in [2.45, 2.75) is 19.4 Å². The number of nitrogens with one attached hydrogen (secondary N) is 2. The molecule has 2 unspecified atom stereocenters. The molecule has 1 heterocycles. The van der Waals surface area contributed by atoms with Crippen LogP contribution in [0.5, 0.6) is 0 Å². The van der Waals surface area contributed by atoms with E-state index >= 15 is 0 Å². The lowest BCUT2D eigenvalue weighted by Gasteiger charge is -2.14. The van der Waals surface area contributed by atoms with Gasteiger partial charge >= 0.3 is 0 Å². The van der Waals surface area contributed by atoms with Crippen LogP contribution in [0.4, 0.5) is 0 Å². The van der Waals surface area contributed by atoms with Gasteiger partial charge in [-0.2, -0.15) is 11.8 Å². The molecule has 3 nitrogen and oxygen atoms in total. The lowest BCUT2D eigenvalue weighted by atomic mass is 10.0. The number of carbonyl (C=O) groups excluding carboxylic acids is 1. The van der Waals surface area contributed by atoms with Crippen LogP contribution in [0, 0.1) is 5.92 Å². The lowest BCUT2D eigenvalue weighted by molar-refractivity contribution is -0.124. The average Bonchev–Trinajstić information content (AvgIpc) is 2.64. The fourth-order valence-electron chi connectivity index (χ4n) is 1.76. The molecule has 1 saturated heterocycles. The standard InChI is InChI=1S/C11H20N2OS/c1-3-7-15-8-6-13-11(14)10-4-5-12-9(10)2/h3,9-10,12H,1,4-8H2,2H3,(H,13,14). The number of amides is 1. The molecule has 0 spiro atoms. The Balaban J connectivity index is 2.10. The van der Waals surface area contributed by atoms with E-state index in [-0.39, 0.29) is 11.8 Å². The summed E-state index contributed by atoms with van der Waals surface area (Å²) in [7, 11) is 0. The Bertz CT molecular complexity index is 221. The second-order valence-corrected chi connectivity index (χ2v) is 4.94. The van der Waals surface area contributed by atoms with Gasteiger partial charge in [-0.3, -0.25) is 4.79 Å². The van der Waals surface area contributed by atoms with E-state index in [0.29, 0.717) is 6.04 Å². The highest BCUT2D eigenvalue weighted by Crippen LogP contribution is 2.14. The van der Waals surface area contributed by atoms with Crippen molar-refractivity contribution in [3.8, 4) is 0 Å². The lowest BCUT2D eigenvalue weighted by Crippen LogP contribution is -2.37. The second-order valence-electron chi connectivity index (χ2n) is 3.79. The monoisotopic (exact) mass is 228 g/mol. The molecule has 0 aliphatic carbocycles. The minimum atomic E-state index is 0.161. The molecule has 0 aromatic rings. The molecule has 15 heavy (non-hydrogen) atoms. The maximum Gasteiger partial charge on any atom is 0.224 e. The second kappa shape index (κ2) is 6.90. The minimum absolute atomic E-state index is 0.161. The molecule has 2 N–H and O–H groups in total. The van der Waals surface area contributed by atoms with Gasteiger partial charge in [-0.05, 0) is 19.9 Å². The van der Waals surface area contributed by atoms with Crippen LogP contribution >= 0.6 is 11.8 Å². The molecule has 1 aliphatic rings. The van der Waals surface area contributed by atoms with E-state index < -0.39 is 0 Å². The average molecular weight is 228 g/mol. The van der Waals surface area contributed by atoms with Crippen molar-refractivity contribution in [2.24, 2.45) is 5.92 Å². The van der Waals surface area contributed by atoms with Gasteiger partial charge in [0.25, 0.3) is 0 Å². The number of thioether (sulfide) groups is 1. The van der Waals surface area contributed by atoms with Crippen LogP contribution in [0.15, 0.2) is 12.7 Å². The Hall–Kier alpha value is -0.480. The van der Waals surface area contributed by atoms with Crippen LogP contribution in [0.2, 0.25) is 0 Å². The predicted octanol–water partition coefficient (Wildman–Crippen LogP) is 1.02. The van der Waals surface area contributed by atoms with Gasteiger partial charge in [0.2, 0.25) is 5.91 Å². The molecular weight excluding hydrogens is 208 g/mol. The van der Waals surface area contributed by atoms with Crippen molar-refractivity contribution >= 4 is 17.7 Å². The van der Waals surface area contributed by atoms with E-state index in [1.807, 2.05) is 6.08 Å². The largest absolute Gasteiger partial charge is 0.355 e. The first-order chi connectivity index (χ1) is 7.25. The Labute approximate surface area is 96.1 Å². The quantitative estimate of drug-likeness (QED) is 0.527. The molecule has 0 radical (unpaired) electrons. The van der Waals surface area contributed by atoms with Crippen LogP contribution in [-0.4, -0.2) is 36.5 Å². The Morgan fingerprint density at radius 3 is 3.13 bits per heavy atom. The highest BCUT2D eigenvalue weighted by molar-refractivity contribution is 7.99. The molecule has 2 atom stereocenters. The van der Waals surface area contributed by atoms with Crippen molar-refractivity contribution in [3.05, 3.63) is 12.7 Å². The number of hydrogen-bond donors (Lipinski definition) is 2. The van der Waals surface area contributed by atoms with Gasteiger partial charge in [0.15, 0.2) is 0 Å². The highest BCUT2D eigenvalue weighted by atomic mass is 32.2. The van der Waals surface area contributed by atoms with Gasteiger partial charge < -0.3 is 10.6 Å². The number of carbonyl (C=O) groups is 1. The van der Waals surface area contributed by atoms with Gasteiger partial charge in [0, 0.05) is 24.1 Å². The number of hydrogen-bond acceptors (Lipinski definition) is 3. The molecule has 1 amide bonds. The van der Waals surface area contributed by atoms with Gasteiger partial charge in [-0.1, -0.05) is 6.08 Å². The van der Waals surface area contributed by atoms with E-state index in [9.17, 15) is 4.79 Å². The van der Waals surface area contributed by atoms with Crippen LogP contribution in [0.25, 0.3) is 0 Å². The molecule has 0 aromatic carbocycles. The maximum absolute atomic E-state index is 11.7. The summed E-state index contributed by atoms with van der Waals surface area (Å²) in [6, 6.07) is 0.325. The van der Waals surface area contributed by atoms with E-state index in [2.05, 4.69) is 24.1 Å². The molecule has 4 heteroatoms. The van der Waals surface area contributed by atoms with E-state index in [1.54, 1.807) is 11.8 Å². The fraction of sp³-hybridized carbons (Fsp3) is 0.727. The molecule has 1 rings (SSSR count). The van der Waals surface area contributed by atoms with Crippen molar-refractivity contribution in [1.29, 1.82) is 0 Å². The first-order valence-electron chi connectivity index (χ1n) is 5.45. The summed E-state index contributed by atoms with van der Waals surface area (Å²) in [6.45, 7) is 7.45. The summed E-state index contributed by atoms with van der Waals surface area (Å²) in [5, 5.41) is 6.26. The van der Waals surface area contributed by atoms with Crippen LogP contribution in [0.1, 0.15) is 13.3 Å². The van der Waals surface area contributed by atoms with Crippen molar-refractivity contribution < 1.29 is 4.79 Å². The van der Waals surface area contributed by atoms with Crippen molar-refractivity contribution in [3.63, 3.8) is 0 Å². The topological polar surface area (TPSA) is 41.1 Å². The van der Waals surface area contributed by atoms with Gasteiger partial charge in [0.05, 0.1) is 5.92 Å². The SMILES string of the molecule is C=CCSCCNC(=O)C1CCNC1C. The van der Waals surface area contributed by atoms with Crippen molar-refractivity contribution in [2.75, 3.05) is 24.6 Å². The highest BCUT2D eigenvalue weighted by Gasteiger charge is 2.28. The van der Waals surface area contributed by atoms with Crippen LogP contribution < -0.4 is 10.6 Å². The first-order valence-corrected chi connectivity index (χ1v) is 6.61. The third-order valence-electron chi connectivity index (χ3n) is 2.64. The van der Waals surface area contributed by atoms with E-state index in [4.69, 9.17) is 0 Å². The summed E-state index contributed by atoms with van der Waals surface area (Å²) >= 11 is 1.79. The van der Waals surface area contributed by atoms with Gasteiger partial charge in [0.1, 0.15) is 0 Å². The smallest absolute Gasteiger partial charge is 0.224 e. The van der Waals surface area contributed by atoms with Crippen LogP contribution in [0.3, 0.4) is 0 Å². The summed E-state index contributed by atoms with van der Waals surface area (Å²) < 4.78 is 0. The molecule has 0 saturated carbocycles. The fourth-order valence-corrected chi connectivity index (χ4v) is 2.34. The molecule has 0 aromatic heterocycles. The molecule has 0 bridgehead atoms. The third kappa shape index (κ3) is 4.26. The molecule has 1 aliphatic heterocycles. The molecule has 86 valence electrons. The predicted molar refractivity (Wildman–Crippen MR) is 66.1 cm³/mol. The number of rotatable bonds is 6. The molecular formula is C11H20N2OS. The zero-order valence-corrected chi connectivity index (χ0v) is 10.1. The molecule has 1 fully saturated rings. The van der Waals surface area contributed by atoms with E-state index in [0.717, 1.165) is 31.0 Å². The summed E-state index contributed by atoms with van der Waals surface area (Å²) in [5.41, 5.74) is 0. The first kappa shape index (κ1) is 12.6. The zero-order chi connectivity index (χ0) is 11.1. The maximum atomic E-state index is 11.7. The van der Waals surface area contributed by atoms with Crippen molar-refractivity contribution in [1.82, 2.24) is 10.6 Å². The third-order valence-corrected chi connectivity index (χ3v) is 3.61. The van der Waals surface area contributed by atoms with Gasteiger partial charge in [-0.15, -0.1) is 6.58 Å². The van der Waals surface area contributed by atoms with Gasteiger partial charge in [-0.25, -0.2) is 0 Å². The normalized spacial score (nSPS) is 25.1. The Morgan fingerprint density at radius 1 is 1.73 bits per heavy atom. The van der Waals surface area contributed by atoms with Crippen LogP contribution in [-0.2, 0) is 4.79 Å². The minimum Gasteiger partial charge on any atom is -0.355 e. The van der Waals surface area contributed by atoms with E-state index in [1.165, 1.54) is 0 Å². The summed E-state index contributed by atoms with van der Waals surface area (Å²) in [5.74, 6) is 2.28.